The van der Waals surface area contributed by atoms with Gasteiger partial charge in [0.05, 0.1) is 6.04 Å². The van der Waals surface area contributed by atoms with E-state index in [1.165, 1.54) is 5.56 Å². The molecule has 1 atom stereocenters. The molecule has 0 radical (unpaired) electrons. The van der Waals surface area contributed by atoms with Crippen LogP contribution in [0.25, 0.3) is 0 Å². The van der Waals surface area contributed by atoms with Crippen LogP contribution in [-0.4, -0.2) is 0 Å². The Labute approximate surface area is 95.8 Å². The molecule has 0 aromatic heterocycles. The van der Waals surface area contributed by atoms with Crippen LogP contribution in [-0.2, 0) is 0 Å². The molecule has 0 fully saturated rings. The van der Waals surface area contributed by atoms with Crippen LogP contribution in [0.1, 0.15) is 30.5 Å². The molecule has 0 heterocycles. The third kappa shape index (κ3) is 3.24. The lowest BCUT2D eigenvalue weighted by molar-refractivity contribution is 0.565. The summed E-state index contributed by atoms with van der Waals surface area (Å²) in [5.74, 6) is 11.4. The van der Waals surface area contributed by atoms with E-state index in [9.17, 15) is 0 Å². The number of hydrogen-bond donors (Lipinski definition) is 2. The molecule has 0 spiro atoms. The largest absolute Gasteiger partial charge is 0.271 e. The van der Waals surface area contributed by atoms with Gasteiger partial charge < -0.3 is 0 Å². The van der Waals surface area contributed by atoms with Gasteiger partial charge in [0.25, 0.3) is 0 Å². The number of hydrogen-bond acceptors (Lipinski definition) is 2. The van der Waals surface area contributed by atoms with E-state index in [1.54, 1.807) is 0 Å². The highest BCUT2D eigenvalue weighted by molar-refractivity contribution is 6.30. The van der Waals surface area contributed by atoms with Crippen LogP contribution in [0.4, 0.5) is 0 Å². The summed E-state index contributed by atoms with van der Waals surface area (Å²) in [5.41, 5.74) is 5.03. The first-order valence-electron chi connectivity index (χ1n) is 4.80. The molecule has 1 aromatic carbocycles. The fraction of sp³-hybridized carbons (Fsp3) is 0.333. The molecule has 15 heavy (non-hydrogen) atoms. The van der Waals surface area contributed by atoms with Crippen molar-refractivity contribution < 1.29 is 0 Å². The second-order valence-corrected chi connectivity index (χ2v) is 3.79. The first-order chi connectivity index (χ1) is 7.19. The van der Waals surface area contributed by atoms with E-state index >= 15 is 0 Å². The number of rotatable bonds is 3. The van der Waals surface area contributed by atoms with Gasteiger partial charge in [-0.25, -0.2) is 0 Å². The molecule has 3 heteroatoms. The van der Waals surface area contributed by atoms with Crippen molar-refractivity contribution in [1.82, 2.24) is 5.43 Å². The number of nitrogens with two attached hydrogens (primary N) is 1. The quantitative estimate of drug-likeness (QED) is 0.469. The number of benzene rings is 1. The maximum atomic E-state index is 5.95. The van der Waals surface area contributed by atoms with E-state index in [0.29, 0.717) is 6.42 Å². The van der Waals surface area contributed by atoms with Gasteiger partial charge in [0.15, 0.2) is 0 Å². The summed E-state index contributed by atoms with van der Waals surface area (Å²) in [4.78, 5) is 0. The van der Waals surface area contributed by atoms with Crippen molar-refractivity contribution in [2.75, 3.05) is 0 Å². The summed E-state index contributed by atoms with van der Waals surface area (Å²) >= 11 is 5.95. The zero-order valence-electron chi connectivity index (χ0n) is 8.97. The molecule has 0 bridgehead atoms. The van der Waals surface area contributed by atoms with E-state index in [2.05, 4.69) is 17.3 Å². The fourth-order valence-electron chi connectivity index (χ4n) is 1.45. The molecule has 80 valence electrons. The molecule has 2 nitrogen and oxygen atoms in total. The highest BCUT2D eigenvalue weighted by Crippen LogP contribution is 2.23. The van der Waals surface area contributed by atoms with Gasteiger partial charge in [-0.15, -0.1) is 11.8 Å². The second kappa shape index (κ2) is 5.77. The van der Waals surface area contributed by atoms with E-state index in [1.807, 2.05) is 32.0 Å². The van der Waals surface area contributed by atoms with Crippen molar-refractivity contribution in [2.45, 2.75) is 26.3 Å². The van der Waals surface area contributed by atoms with Gasteiger partial charge in [-0.3, -0.25) is 11.3 Å². The number of aryl methyl sites for hydroxylation is 1. The minimum absolute atomic E-state index is 0.0381. The Hall–Kier alpha value is -1.01. The van der Waals surface area contributed by atoms with Gasteiger partial charge in [0.1, 0.15) is 0 Å². The zero-order valence-corrected chi connectivity index (χ0v) is 9.73. The Morgan fingerprint density at radius 1 is 1.53 bits per heavy atom. The van der Waals surface area contributed by atoms with Crippen molar-refractivity contribution in [2.24, 2.45) is 5.84 Å². The zero-order chi connectivity index (χ0) is 11.3. The lowest BCUT2D eigenvalue weighted by Gasteiger charge is -2.16. The highest BCUT2D eigenvalue weighted by Gasteiger charge is 2.11. The van der Waals surface area contributed by atoms with Crippen LogP contribution in [0.3, 0.4) is 0 Å². The minimum Gasteiger partial charge on any atom is -0.271 e. The summed E-state index contributed by atoms with van der Waals surface area (Å²) in [7, 11) is 0. The van der Waals surface area contributed by atoms with Crippen LogP contribution in [0.2, 0.25) is 5.02 Å². The third-order valence-corrected chi connectivity index (χ3v) is 2.54. The molecule has 1 rings (SSSR count). The smallest absolute Gasteiger partial charge is 0.0572 e. The van der Waals surface area contributed by atoms with Gasteiger partial charge in [-0.2, -0.15) is 0 Å². The Bertz CT molecular complexity index is 390. The molecule has 3 N–H and O–H groups in total. The molecular weight excluding hydrogens is 208 g/mol. The Balaban J connectivity index is 2.98. The van der Waals surface area contributed by atoms with Crippen LogP contribution in [0.15, 0.2) is 18.2 Å². The standard InChI is InChI=1S/C12H15ClN2/c1-3-4-5-12(15-14)11-8-10(13)7-6-9(11)2/h6-8,12,15H,5,14H2,1-2H3. The summed E-state index contributed by atoms with van der Waals surface area (Å²) in [5, 5.41) is 0.723. The van der Waals surface area contributed by atoms with Crippen molar-refractivity contribution in [3.8, 4) is 11.8 Å². The summed E-state index contributed by atoms with van der Waals surface area (Å²) in [6.45, 7) is 3.85. The molecule has 0 aliphatic rings. The number of hydrazine groups is 1. The topological polar surface area (TPSA) is 38.0 Å². The fourth-order valence-corrected chi connectivity index (χ4v) is 1.63. The van der Waals surface area contributed by atoms with E-state index in [0.717, 1.165) is 10.6 Å². The third-order valence-electron chi connectivity index (χ3n) is 2.30. The lowest BCUT2D eigenvalue weighted by atomic mass is 9.99. The Morgan fingerprint density at radius 3 is 2.87 bits per heavy atom. The maximum absolute atomic E-state index is 5.95. The van der Waals surface area contributed by atoms with Crippen molar-refractivity contribution in [1.29, 1.82) is 0 Å². The van der Waals surface area contributed by atoms with Crippen LogP contribution in [0.5, 0.6) is 0 Å². The van der Waals surface area contributed by atoms with Crippen molar-refractivity contribution in [3.05, 3.63) is 34.3 Å². The Kier molecular flexibility index (Phi) is 4.64. The summed E-state index contributed by atoms with van der Waals surface area (Å²) in [6.07, 6.45) is 0.689. The van der Waals surface area contributed by atoms with Gasteiger partial charge in [0.2, 0.25) is 0 Å². The van der Waals surface area contributed by atoms with E-state index in [4.69, 9.17) is 17.4 Å². The van der Waals surface area contributed by atoms with Gasteiger partial charge in [0, 0.05) is 11.4 Å². The molecule has 0 saturated heterocycles. The highest BCUT2D eigenvalue weighted by atomic mass is 35.5. The van der Waals surface area contributed by atoms with Crippen LogP contribution >= 0.6 is 11.6 Å². The van der Waals surface area contributed by atoms with Gasteiger partial charge in [-0.05, 0) is 37.1 Å². The molecule has 0 saturated carbocycles. The molecule has 1 unspecified atom stereocenters. The molecule has 0 aliphatic carbocycles. The molecule has 0 amide bonds. The van der Waals surface area contributed by atoms with E-state index in [-0.39, 0.29) is 6.04 Å². The minimum atomic E-state index is 0.0381. The maximum Gasteiger partial charge on any atom is 0.0572 e. The molecule has 1 aromatic rings. The molecule has 0 aliphatic heterocycles. The first-order valence-corrected chi connectivity index (χ1v) is 5.18. The predicted octanol–water partition coefficient (Wildman–Crippen LogP) is 2.57. The average molecular weight is 223 g/mol. The monoisotopic (exact) mass is 222 g/mol. The van der Waals surface area contributed by atoms with Crippen molar-refractivity contribution >= 4 is 11.6 Å². The Morgan fingerprint density at radius 2 is 2.27 bits per heavy atom. The van der Waals surface area contributed by atoms with Gasteiger partial charge >= 0.3 is 0 Å². The van der Waals surface area contributed by atoms with Gasteiger partial charge in [-0.1, -0.05) is 17.7 Å². The first kappa shape index (κ1) is 12.1. The number of nitrogens with one attached hydrogen (secondary N) is 1. The molecular formula is C12H15ClN2. The van der Waals surface area contributed by atoms with Crippen molar-refractivity contribution in [3.63, 3.8) is 0 Å². The SMILES string of the molecule is CC#CCC(NN)c1cc(Cl)ccc1C. The predicted molar refractivity (Wildman–Crippen MR) is 64.3 cm³/mol. The van der Waals surface area contributed by atoms with Crippen LogP contribution < -0.4 is 11.3 Å². The summed E-state index contributed by atoms with van der Waals surface area (Å²) < 4.78 is 0. The second-order valence-electron chi connectivity index (χ2n) is 3.35. The van der Waals surface area contributed by atoms with E-state index < -0.39 is 0 Å². The normalized spacial score (nSPS) is 11.7. The summed E-state index contributed by atoms with van der Waals surface area (Å²) in [6, 6.07) is 5.83. The van der Waals surface area contributed by atoms with Crippen LogP contribution in [0, 0.1) is 18.8 Å². The lowest BCUT2D eigenvalue weighted by Crippen LogP contribution is -2.28. The average Bonchev–Trinajstić information content (AvgIpc) is 2.24. The number of halogens is 1.